The van der Waals surface area contributed by atoms with Gasteiger partial charge >= 0.3 is 6.18 Å². The number of carbonyl (C=O) groups excluding carboxylic acids is 2. The van der Waals surface area contributed by atoms with Crippen LogP contribution >= 0.6 is 0 Å². The van der Waals surface area contributed by atoms with E-state index in [0.29, 0.717) is 0 Å². The van der Waals surface area contributed by atoms with Gasteiger partial charge in [-0.05, 0) is 56.5 Å². The van der Waals surface area contributed by atoms with Crippen LogP contribution in [0.2, 0.25) is 0 Å². The molecule has 0 aliphatic carbocycles. The number of nitrogens with zero attached hydrogens (tertiary/aromatic N) is 2. The number of sulfonamides is 1. The maximum Gasteiger partial charge on any atom is 0.416 e. The van der Waals surface area contributed by atoms with E-state index in [9.17, 15) is 31.2 Å². The van der Waals surface area contributed by atoms with Crippen molar-refractivity contribution in [2.45, 2.75) is 64.3 Å². The second-order valence-electron chi connectivity index (χ2n) is 11.4. The molecule has 0 saturated carbocycles. The molecule has 1 atom stereocenters. The van der Waals surface area contributed by atoms with Crippen molar-refractivity contribution in [2.75, 3.05) is 17.1 Å². The Balaban J connectivity index is 1.89. The van der Waals surface area contributed by atoms with Crippen LogP contribution in [0, 0.1) is 0 Å². The van der Waals surface area contributed by atoms with Crippen LogP contribution in [0.4, 0.5) is 18.9 Å². The van der Waals surface area contributed by atoms with Crippen molar-refractivity contribution in [1.29, 1.82) is 0 Å². The largest absolute Gasteiger partial charge is 0.416 e. The van der Waals surface area contributed by atoms with Crippen LogP contribution in [-0.2, 0) is 38.8 Å². The number of hydrogen-bond acceptors (Lipinski definition) is 4. The average Bonchev–Trinajstić information content (AvgIpc) is 2.92. The monoisotopic (exact) mass is 617 g/mol. The van der Waals surface area contributed by atoms with Crippen molar-refractivity contribution in [2.24, 2.45) is 0 Å². The molecule has 0 heterocycles. The molecule has 0 aromatic heterocycles. The zero-order valence-corrected chi connectivity index (χ0v) is 25.6. The van der Waals surface area contributed by atoms with E-state index < -0.39 is 33.3 Å². The maximum atomic E-state index is 13.8. The van der Waals surface area contributed by atoms with Gasteiger partial charge < -0.3 is 10.2 Å². The van der Waals surface area contributed by atoms with Gasteiger partial charge in [0.2, 0.25) is 21.8 Å². The summed E-state index contributed by atoms with van der Waals surface area (Å²) >= 11 is 0. The number of nitrogens with one attached hydrogen (secondary N) is 1. The molecule has 0 spiro atoms. The molecule has 3 aromatic carbocycles. The van der Waals surface area contributed by atoms with Gasteiger partial charge in [-0.15, -0.1) is 0 Å². The molecule has 11 heteroatoms. The lowest BCUT2D eigenvalue weighted by Gasteiger charge is -2.34. The minimum Gasteiger partial charge on any atom is -0.350 e. The molecule has 0 unspecified atom stereocenters. The Labute approximate surface area is 251 Å². The zero-order valence-electron chi connectivity index (χ0n) is 24.8. The maximum absolute atomic E-state index is 13.8. The van der Waals surface area contributed by atoms with Gasteiger partial charge in [0.15, 0.2) is 0 Å². The fraction of sp³-hybridized carbons (Fsp3) is 0.375. The summed E-state index contributed by atoms with van der Waals surface area (Å²) in [5.74, 6) is -0.714. The highest BCUT2D eigenvalue weighted by Crippen LogP contribution is 2.32. The fourth-order valence-corrected chi connectivity index (χ4v) is 5.59. The molecule has 0 saturated heterocycles. The number of alkyl halides is 3. The van der Waals surface area contributed by atoms with E-state index in [1.807, 2.05) is 81.4 Å². The first-order chi connectivity index (χ1) is 20.0. The molecule has 2 amide bonds. The molecular weight excluding hydrogens is 579 g/mol. The summed E-state index contributed by atoms with van der Waals surface area (Å²) in [5, 5.41) is 2.98. The third-order valence-corrected chi connectivity index (χ3v) is 7.77. The smallest absolute Gasteiger partial charge is 0.350 e. The van der Waals surface area contributed by atoms with Gasteiger partial charge in [0.05, 0.1) is 17.5 Å². The van der Waals surface area contributed by atoms with Crippen LogP contribution in [0.3, 0.4) is 0 Å². The number of amides is 2. The number of rotatable bonds is 12. The topological polar surface area (TPSA) is 86.8 Å². The highest BCUT2D eigenvalue weighted by molar-refractivity contribution is 7.92. The molecule has 1 N–H and O–H groups in total. The van der Waals surface area contributed by atoms with Crippen molar-refractivity contribution in [1.82, 2.24) is 10.2 Å². The van der Waals surface area contributed by atoms with Crippen molar-refractivity contribution in [3.8, 4) is 0 Å². The van der Waals surface area contributed by atoms with Gasteiger partial charge in [-0.25, -0.2) is 8.42 Å². The van der Waals surface area contributed by atoms with Gasteiger partial charge in [-0.2, -0.15) is 13.2 Å². The van der Waals surface area contributed by atoms with E-state index in [2.05, 4.69) is 5.32 Å². The molecule has 43 heavy (non-hydrogen) atoms. The quantitative estimate of drug-likeness (QED) is 0.278. The van der Waals surface area contributed by atoms with Crippen molar-refractivity contribution in [3.63, 3.8) is 0 Å². The van der Waals surface area contributed by atoms with E-state index in [1.165, 1.54) is 11.0 Å². The molecular formula is C32H38F3N3O4S. The molecule has 3 rings (SSSR count). The van der Waals surface area contributed by atoms with Crippen LogP contribution in [0.1, 0.15) is 50.3 Å². The highest BCUT2D eigenvalue weighted by Gasteiger charge is 2.33. The standard InChI is InChI=1S/C32H38F3N3O4S/c1-31(2,3)36-30(40)28(21-24-13-7-5-8-14-24)37(23-25-15-9-6-10-16-25)29(39)19-12-20-38(43(4,41)42)27-18-11-17-26(22-27)32(33,34)35/h5-11,13-18,22,28H,12,19-21,23H2,1-4H3,(H,36,40)/t28-/m0/s1. The average molecular weight is 618 g/mol. The lowest BCUT2D eigenvalue weighted by molar-refractivity contribution is -0.142. The second kappa shape index (κ2) is 14.1. The van der Waals surface area contributed by atoms with Crippen molar-refractivity contribution >= 4 is 27.5 Å². The Morgan fingerprint density at radius 1 is 0.860 bits per heavy atom. The minimum atomic E-state index is -4.64. The lowest BCUT2D eigenvalue weighted by atomic mass is 10.00. The van der Waals surface area contributed by atoms with Crippen molar-refractivity contribution < 1.29 is 31.2 Å². The normalized spacial score (nSPS) is 12.8. The van der Waals surface area contributed by atoms with Crippen LogP contribution in [0.5, 0.6) is 0 Å². The predicted octanol–water partition coefficient (Wildman–Crippen LogP) is 5.81. The van der Waals surface area contributed by atoms with E-state index in [0.717, 1.165) is 39.9 Å². The van der Waals surface area contributed by atoms with E-state index in [-0.39, 0.29) is 49.9 Å². The summed E-state index contributed by atoms with van der Waals surface area (Å²) in [6.45, 7) is 5.46. The van der Waals surface area contributed by atoms with Gasteiger partial charge in [0, 0.05) is 31.5 Å². The molecule has 0 aliphatic rings. The number of carbonyl (C=O) groups is 2. The van der Waals surface area contributed by atoms with E-state index in [1.54, 1.807) is 0 Å². The minimum absolute atomic E-state index is 0.0202. The van der Waals surface area contributed by atoms with Gasteiger partial charge in [-0.3, -0.25) is 13.9 Å². The Bertz CT molecular complexity index is 1470. The first-order valence-electron chi connectivity index (χ1n) is 13.9. The van der Waals surface area contributed by atoms with Gasteiger partial charge in [0.1, 0.15) is 6.04 Å². The molecule has 0 aliphatic heterocycles. The van der Waals surface area contributed by atoms with Crippen LogP contribution in [0.15, 0.2) is 84.9 Å². The Morgan fingerprint density at radius 3 is 1.98 bits per heavy atom. The molecule has 0 radical (unpaired) electrons. The fourth-order valence-electron chi connectivity index (χ4n) is 4.63. The summed E-state index contributed by atoms with van der Waals surface area (Å²) in [6, 6.07) is 21.7. The Morgan fingerprint density at radius 2 is 1.44 bits per heavy atom. The van der Waals surface area contributed by atoms with Crippen molar-refractivity contribution in [3.05, 3.63) is 102 Å². The van der Waals surface area contributed by atoms with E-state index in [4.69, 9.17) is 0 Å². The summed E-state index contributed by atoms with van der Waals surface area (Å²) in [6.07, 6.45) is -3.60. The number of benzene rings is 3. The van der Waals surface area contributed by atoms with Gasteiger partial charge in [0.25, 0.3) is 0 Å². The van der Waals surface area contributed by atoms with Gasteiger partial charge in [-0.1, -0.05) is 66.7 Å². The summed E-state index contributed by atoms with van der Waals surface area (Å²) < 4.78 is 65.9. The third kappa shape index (κ3) is 10.4. The first-order valence-corrected chi connectivity index (χ1v) is 15.7. The Kier molecular flexibility index (Phi) is 11.0. The highest BCUT2D eigenvalue weighted by atomic mass is 32.2. The lowest BCUT2D eigenvalue weighted by Crippen LogP contribution is -2.54. The number of hydrogen-bond donors (Lipinski definition) is 1. The Hall–Kier alpha value is -3.86. The molecule has 7 nitrogen and oxygen atoms in total. The zero-order chi connectivity index (χ0) is 31.8. The van der Waals surface area contributed by atoms with Crippen LogP contribution in [0.25, 0.3) is 0 Å². The first kappa shape index (κ1) is 33.6. The summed E-state index contributed by atoms with van der Waals surface area (Å²) in [5.41, 5.74) is -0.0155. The molecule has 0 fully saturated rings. The molecule has 232 valence electrons. The number of anilines is 1. The third-order valence-electron chi connectivity index (χ3n) is 6.58. The van der Waals surface area contributed by atoms with E-state index >= 15 is 0 Å². The summed E-state index contributed by atoms with van der Waals surface area (Å²) in [4.78, 5) is 29.0. The molecule has 0 bridgehead atoms. The molecule has 3 aromatic rings. The van der Waals surface area contributed by atoms with Crippen LogP contribution < -0.4 is 9.62 Å². The number of halogens is 3. The van der Waals surface area contributed by atoms with Crippen LogP contribution in [-0.4, -0.2) is 49.5 Å². The SMILES string of the molecule is CC(C)(C)NC(=O)[C@H](Cc1ccccc1)N(Cc1ccccc1)C(=O)CCCN(c1cccc(C(F)(F)F)c1)S(C)(=O)=O. The second-order valence-corrected chi connectivity index (χ2v) is 13.3. The summed E-state index contributed by atoms with van der Waals surface area (Å²) in [7, 11) is -3.96. The predicted molar refractivity (Wildman–Crippen MR) is 162 cm³/mol.